The number of sulfonamides is 1. The standard InChI is InChI=1S/C27H35Cl2N3O6S/c1-5-23(27(34)30-18-9-6-7-10-18)31(16-20-21(28)11-8-12-22(20)29)26(33)17-32(39(4,35)36)24-14-13-19(37-2)15-25(24)38-3/h8,11-15,18,23H,5-7,9-10,16-17H2,1-4H3,(H,30,34). The first-order valence-corrected chi connectivity index (χ1v) is 15.3. The normalized spacial score (nSPS) is 14.5. The molecule has 214 valence electrons. The molecule has 1 N–H and O–H groups in total. The molecule has 0 aliphatic heterocycles. The van der Waals surface area contributed by atoms with Crippen LogP contribution in [-0.4, -0.2) is 64.2 Å². The Morgan fingerprint density at radius 3 is 2.26 bits per heavy atom. The summed E-state index contributed by atoms with van der Waals surface area (Å²) in [6, 6.07) is 8.77. The number of ether oxygens (including phenoxy) is 2. The van der Waals surface area contributed by atoms with E-state index in [2.05, 4.69) is 5.32 Å². The molecule has 0 saturated heterocycles. The molecule has 0 radical (unpaired) electrons. The summed E-state index contributed by atoms with van der Waals surface area (Å²) < 4.78 is 37.4. The van der Waals surface area contributed by atoms with Gasteiger partial charge in [0.15, 0.2) is 0 Å². The van der Waals surface area contributed by atoms with Crippen LogP contribution in [0.25, 0.3) is 0 Å². The van der Waals surface area contributed by atoms with Gasteiger partial charge in [0.2, 0.25) is 21.8 Å². The molecule has 2 aromatic carbocycles. The van der Waals surface area contributed by atoms with Crippen molar-refractivity contribution in [3.05, 3.63) is 52.0 Å². The number of carbonyl (C=O) groups is 2. The van der Waals surface area contributed by atoms with E-state index in [0.29, 0.717) is 27.8 Å². The van der Waals surface area contributed by atoms with Crippen LogP contribution in [0.1, 0.15) is 44.6 Å². The Bertz CT molecular complexity index is 1260. The van der Waals surface area contributed by atoms with Crippen molar-refractivity contribution in [1.82, 2.24) is 10.2 Å². The molecule has 1 saturated carbocycles. The van der Waals surface area contributed by atoms with Gasteiger partial charge in [0, 0.05) is 34.3 Å². The Morgan fingerprint density at radius 2 is 1.72 bits per heavy atom. The van der Waals surface area contributed by atoms with Gasteiger partial charge >= 0.3 is 0 Å². The maximum Gasteiger partial charge on any atom is 0.244 e. The van der Waals surface area contributed by atoms with Gasteiger partial charge in [-0.3, -0.25) is 13.9 Å². The van der Waals surface area contributed by atoms with E-state index < -0.39 is 28.5 Å². The van der Waals surface area contributed by atoms with Crippen molar-refractivity contribution in [2.24, 2.45) is 0 Å². The number of carbonyl (C=O) groups excluding carboxylic acids is 2. The van der Waals surface area contributed by atoms with Crippen LogP contribution in [0.3, 0.4) is 0 Å². The minimum atomic E-state index is -3.95. The smallest absolute Gasteiger partial charge is 0.244 e. The Balaban J connectivity index is 2.01. The molecule has 0 bridgehead atoms. The molecule has 1 atom stereocenters. The lowest BCUT2D eigenvalue weighted by Crippen LogP contribution is -2.53. The number of halogens is 2. The predicted molar refractivity (Wildman–Crippen MR) is 153 cm³/mol. The molecule has 1 aliphatic rings. The number of benzene rings is 2. The van der Waals surface area contributed by atoms with Gasteiger partial charge < -0.3 is 19.7 Å². The molecule has 0 aromatic heterocycles. The first kappa shape index (κ1) is 30.8. The molecule has 39 heavy (non-hydrogen) atoms. The minimum absolute atomic E-state index is 0.0449. The largest absolute Gasteiger partial charge is 0.497 e. The molecule has 2 aromatic rings. The van der Waals surface area contributed by atoms with Crippen LogP contribution >= 0.6 is 23.2 Å². The number of hydrogen-bond acceptors (Lipinski definition) is 6. The summed E-state index contributed by atoms with van der Waals surface area (Å²) in [5.41, 5.74) is 0.627. The number of nitrogens with zero attached hydrogens (tertiary/aromatic N) is 2. The molecule has 0 spiro atoms. The van der Waals surface area contributed by atoms with Gasteiger partial charge in [0.05, 0.1) is 26.2 Å². The molecule has 12 heteroatoms. The second-order valence-electron chi connectivity index (χ2n) is 9.44. The van der Waals surface area contributed by atoms with Crippen LogP contribution in [0, 0.1) is 0 Å². The predicted octanol–water partition coefficient (Wildman–Crippen LogP) is 4.64. The van der Waals surface area contributed by atoms with E-state index >= 15 is 0 Å². The van der Waals surface area contributed by atoms with Crippen LogP contribution in [0.4, 0.5) is 5.69 Å². The molecule has 1 fully saturated rings. The maximum absolute atomic E-state index is 14.0. The summed E-state index contributed by atoms with van der Waals surface area (Å²) in [5, 5.41) is 3.73. The molecule has 2 amide bonds. The topological polar surface area (TPSA) is 105 Å². The van der Waals surface area contributed by atoms with E-state index in [1.165, 1.54) is 31.3 Å². The summed E-state index contributed by atoms with van der Waals surface area (Å²) in [6.07, 6.45) is 5.14. The van der Waals surface area contributed by atoms with E-state index in [-0.39, 0.29) is 29.9 Å². The van der Waals surface area contributed by atoms with Gasteiger partial charge in [-0.25, -0.2) is 8.42 Å². The van der Waals surface area contributed by atoms with Crippen molar-refractivity contribution in [2.45, 2.75) is 57.7 Å². The Labute approximate surface area is 240 Å². The van der Waals surface area contributed by atoms with Gasteiger partial charge in [-0.1, -0.05) is 49.0 Å². The summed E-state index contributed by atoms with van der Waals surface area (Å²) in [7, 11) is -1.07. The van der Waals surface area contributed by atoms with E-state index in [0.717, 1.165) is 36.2 Å². The van der Waals surface area contributed by atoms with Crippen LogP contribution in [0.5, 0.6) is 11.5 Å². The zero-order valence-electron chi connectivity index (χ0n) is 22.6. The fraction of sp³-hybridized carbons (Fsp3) is 0.481. The highest BCUT2D eigenvalue weighted by Crippen LogP contribution is 2.34. The highest BCUT2D eigenvalue weighted by Gasteiger charge is 2.34. The summed E-state index contributed by atoms with van der Waals surface area (Å²) in [6.45, 7) is 1.15. The molecule has 1 aliphatic carbocycles. The first-order valence-electron chi connectivity index (χ1n) is 12.7. The van der Waals surface area contributed by atoms with Crippen molar-refractivity contribution in [1.29, 1.82) is 0 Å². The summed E-state index contributed by atoms with van der Waals surface area (Å²) >= 11 is 12.9. The van der Waals surface area contributed by atoms with Crippen molar-refractivity contribution in [3.63, 3.8) is 0 Å². The maximum atomic E-state index is 14.0. The van der Waals surface area contributed by atoms with Crippen molar-refractivity contribution < 1.29 is 27.5 Å². The number of methoxy groups -OCH3 is 2. The fourth-order valence-corrected chi connectivity index (χ4v) is 6.10. The first-order chi connectivity index (χ1) is 18.5. The number of rotatable bonds is 12. The SMILES string of the molecule is CCC(C(=O)NC1CCCC1)N(Cc1c(Cl)cccc1Cl)C(=O)CN(c1ccc(OC)cc1OC)S(C)(=O)=O. The molecule has 9 nitrogen and oxygen atoms in total. The zero-order chi connectivity index (χ0) is 28.7. The summed E-state index contributed by atoms with van der Waals surface area (Å²) in [4.78, 5) is 28.7. The average molecular weight is 601 g/mol. The summed E-state index contributed by atoms with van der Waals surface area (Å²) in [5.74, 6) is -0.226. The molecular formula is C27H35Cl2N3O6S. The van der Waals surface area contributed by atoms with Crippen molar-refractivity contribution >= 4 is 50.7 Å². The zero-order valence-corrected chi connectivity index (χ0v) is 24.9. The van der Waals surface area contributed by atoms with Crippen LogP contribution in [-0.2, 0) is 26.2 Å². The lowest BCUT2D eigenvalue weighted by atomic mass is 10.1. The molecule has 0 heterocycles. The lowest BCUT2D eigenvalue weighted by molar-refractivity contribution is -0.140. The Morgan fingerprint density at radius 1 is 1.08 bits per heavy atom. The lowest BCUT2D eigenvalue weighted by Gasteiger charge is -2.34. The second kappa shape index (κ2) is 13.6. The average Bonchev–Trinajstić information content (AvgIpc) is 3.40. The van der Waals surface area contributed by atoms with Crippen LogP contribution < -0.4 is 19.1 Å². The third-order valence-corrected chi connectivity index (χ3v) is 8.65. The highest BCUT2D eigenvalue weighted by atomic mass is 35.5. The molecule has 1 unspecified atom stereocenters. The van der Waals surface area contributed by atoms with Crippen LogP contribution in [0.2, 0.25) is 10.0 Å². The third kappa shape index (κ3) is 7.70. The monoisotopic (exact) mass is 599 g/mol. The van der Waals surface area contributed by atoms with E-state index in [1.54, 1.807) is 31.2 Å². The van der Waals surface area contributed by atoms with Gasteiger partial charge in [-0.15, -0.1) is 0 Å². The molecule has 3 rings (SSSR count). The number of hydrogen-bond donors (Lipinski definition) is 1. The number of anilines is 1. The fourth-order valence-electron chi connectivity index (χ4n) is 4.73. The van der Waals surface area contributed by atoms with Crippen molar-refractivity contribution in [3.8, 4) is 11.5 Å². The quantitative estimate of drug-likeness (QED) is 0.381. The van der Waals surface area contributed by atoms with E-state index in [1.807, 2.05) is 0 Å². The van der Waals surface area contributed by atoms with Crippen molar-refractivity contribution in [2.75, 3.05) is 31.3 Å². The highest BCUT2D eigenvalue weighted by molar-refractivity contribution is 7.92. The van der Waals surface area contributed by atoms with Gasteiger partial charge in [0.1, 0.15) is 24.1 Å². The third-order valence-electron chi connectivity index (χ3n) is 6.81. The second-order valence-corrected chi connectivity index (χ2v) is 12.2. The van der Waals surface area contributed by atoms with E-state index in [9.17, 15) is 18.0 Å². The number of nitrogens with one attached hydrogen (secondary N) is 1. The van der Waals surface area contributed by atoms with Gasteiger partial charge in [0.25, 0.3) is 0 Å². The Hall–Kier alpha value is -2.69. The van der Waals surface area contributed by atoms with E-state index in [4.69, 9.17) is 32.7 Å². The molecular weight excluding hydrogens is 565 g/mol. The number of amides is 2. The van der Waals surface area contributed by atoms with Crippen LogP contribution in [0.15, 0.2) is 36.4 Å². The van der Waals surface area contributed by atoms with Gasteiger partial charge in [-0.2, -0.15) is 0 Å². The minimum Gasteiger partial charge on any atom is -0.497 e. The van der Waals surface area contributed by atoms with Gasteiger partial charge in [-0.05, 0) is 43.5 Å². The Kier molecular flexibility index (Phi) is 10.7.